The minimum absolute atomic E-state index is 0.128. The van der Waals surface area contributed by atoms with E-state index in [1.165, 1.54) is 19.2 Å². The minimum Gasteiger partial charge on any atom is -0.467 e. The lowest BCUT2D eigenvalue weighted by atomic mass is 10.2. The zero-order valence-corrected chi connectivity index (χ0v) is 11.9. The maximum absolute atomic E-state index is 13.9. The number of ether oxygens (including phenoxy) is 1. The van der Waals surface area contributed by atoms with Crippen molar-refractivity contribution in [2.24, 2.45) is 0 Å². The molecule has 0 bridgehead atoms. The van der Waals surface area contributed by atoms with Gasteiger partial charge >= 0.3 is 6.01 Å². The predicted octanol–water partition coefficient (Wildman–Crippen LogP) is 3.16. The summed E-state index contributed by atoms with van der Waals surface area (Å²) in [4.78, 5) is 12.3. The van der Waals surface area contributed by atoms with Crippen LogP contribution in [0.5, 0.6) is 6.01 Å². The van der Waals surface area contributed by atoms with Crippen LogP contribution in [0, 0.1) is 5.82 Å². The van der Waals surface area contributed by atoms with Crippen LogP contribution in [0.2, 0.25) is 5.02 Å². The average Bonchev–Trinajstić information content (AvgIpc) is 2.44. The Labute approximate surface area is 121 Å². The molecule has 0 spiro atoms. The van der Waals surface area contributed by atoms with Gasteiger partial charge in [-0.25, -0.2) is 4.39 Å². The monoisotopic (exact) mass is 296 g/mol. The summed E-state index contributed by atoms with van der Waals surface area (Å²) in [5.74, 6) is 0.0554. The van der Waals surface area contributed by atoms with Gasteiger partial charge in [-0.2, -0.15) is 15.0 Å². The topological polar surface area (TPSA) is 59.9 Å². The van der Waals surface area contributed by atoms with Gasteiger partial charge < -0.3 is 10.1 Å². The van der Waals surface area contributed by atoms with E-state index in [1.807, 2.05) is 6.92 Å². The molecule has 0 unspecified atom stereocenters. The third kappa shape index (κ3) is 3.33. The summed E-state index contributed by atoms with van der Waals surface area (Å²) in [5, 5.41) is 3.34. The van der Waals surface area contributed by atoms with Gasteiger partial charge in [-0.05, 0) is 24.6 Å². The summed E-state index contributed by atoms with van der Waals surface area (Å²) in [6.45, 7) is 2.72. The summed E-state index contributed by atoms with van der Waals surface area (Å²) >= 11 is 5.73. The molecule has 0 aliphatic rings. The molecule has 106 valence electrons. The van der Waals surface area contributed by atoms with Crippen molar-refractivity contribution in [2.45, 2.75) is 13.3 Å². The van der Waals surface area contributed by atoms with E-state index < -0.39 is 5.82 Å². The summed E-state index contributed by atoms with van der Waals surface area (Å²) in [5.41, 5.74) is 0.245. The fourth-order valence-corrected chi connectivity index (χ4v) is 1.71. The molecule has 0 aliphatic carbocycles. The second kappa shape index (κ2) is 6.47. The molecule has 0 saturated heterocycles. The Morgan fingerprint density at radius 2 is 2.10 bits per heavy atom. The molecule has 2 aromatic rings. The zero-order valence-electron chi connectivity index (χ0n) is 11.2. The Hall–Kier alpha value is -1.95. The number of nitrogens with zero attached hydrogens (tertiary/aromatic N) is 3. The summed E-state index contributed by atoms with van der Waals surface area (Å²) in [6, 6.07) is 4.44. The van der Waals surface area contributed by atoms with Crippen LogP contribution in [-0.4, -0.2) is 28.6 Å². The SMILES string of the molecule is CCCNc1nc(OC)nc(-c2ccc(Cl)cc2F)n1. The number of rotatable bonds is 5. The molecule has 20 heavy (non-hydrogen) atoms. The highest BCUT2D eigenvalue weighted by molar-refractivity contribution is 6.30. The molecule has 7 heteroatoms. The van der Waals surface area contributed by atoms with Gasteiger partial charge in [0.25, 0.3) is 0 Å². The molecule has 1 aromatic carbocycles. The lowest BCUT2D eigenvalue weighted by Crippen LogP contribution is -2.08. The maximum Gasteiger partial charge on any atom is 0.321 e. The highest BCUT2D eigenvalue weighted by Crippen LogP contribution is 2.24. The normalized spacial score (nSPS) is 10.4. The number of halogens is 2. The van der Waals surface area contributed by atoms with Crippen LogP contribution in [0.25, 0.3) is 11.4 Å². The molecule has 0 amide bonds. The first kappa shape index (κ1) is 14.5. The Morgan fingerprint density at radius 3 is 2.75 bits per heavy atom. The number of hydrogen-bond acceptors (Lipinski definition) is 5. The number of anilines is 1. The van der Waals surface area contributed by atoms with Crippen molar-refractivity contribution in [3.8, 4) is 17.4 Å². The molecule has 0 radical (unpaired) electrons. The molecule has 1 heterocycles. The van der Waals surface area contributed by atoms with Crippen LogP contribution >= 0.6 is 11.6 Å². The van der Waals surface area contributed by atoms with Crippen molar-refractivity contribution in [2.75, 3.05) is 19.0 Å². The van der Waals surface area contributed by atoms with E-state index in [9.17, 15) is 4.39 Å². The molecule has 2 rings (SSSR count). The van der Waals surface area contributed by atoms with Crippen molar-refractivity contribution in [3.05, 3.63) is 29.0 Å². The van der Waals surface area contributed by atoms with E-state index in [4.69, 9.17) is 16.3 Å². The first-order valence-corrected chi connectivity index (χ1v) is 6.51. The number of benzene rings is 1. The van der Waals surface area contributed by atoms with Crippen molar-refractivity contribution >= 4 is 17.5 Å². The van der Waals surface area contributed by atoms with Crippen molar-refractivity contribution in [1.29, 1.82) is 0 Å². The van der Waals surface area contributed by atoms with E-state index >= 15 is 0 Å². The first-order valence-electron chi connectivity index (χ1n) is 6.13. The van der Waals surface area contributed by atoms with Gasteiger partial charge in [0.05, 0.1) is 12.7 Å². The summed E-state index contributed by atoms with van der Waals surface area (Å²) < 4.78 is 18.9. The van der Waals surface area contributed by atoms with E-state index in [-0.39, 0.29) is 17.4 Å². The number of hydrogen-bond donors (Lipinski definition) is 1. The van der Waals surface area contributed by atoms with Gasteiger partial charge in [0, 0.05) is 11.6 Å². The Bertz CT molecular complexity index is 609. The predicted molar refractivity (Wildman–Crippen MR) is 75.6 cm³/mol. The van der Waals surface area contributed by atoms with Crippen molar-refractivity contribution < 1.29 is 9.13 Å². The average molecular weight is 297 g/mol. The van der Waals surface area contributed by atoms with E-state index in [1.54, 1.807) is 6.07 Å². The molecule has 0 fully saturated rings. The number of aromatic nitrogens is 3. The Kier molecular flexibility index (Phi) is 4.68. The first-order chi connectivity index (χ1) is 9.63. The molecule has 0 saturated carbocycles. The summed E-state index contributed by atoms with van der Waals surface area (Å²) in [6.07, 6.45) is 0.915. The van der Waals surface area contributed by atoms with E-state index in [0.29, 0.717) is 17.5 Å². The van der Waals surface area contributed by atoms with Crippen LogP contribution in [-0.2, 0) is 0 Å². The van der Waals surface area contributed by atoms with Gasteiger partial charge in [-0.15, -0.1) is 0 Å². The quantitative estimate of drug-likeness (QED) is 0.918. The Balaban J connectivity index is 2.44. The number of methoxy groups -OCH3 is 1. The van der Waals surface area contributed by atoms with Gasteiger partial charge in [0.2, 0.25) is 5.95 Å². The fraction of sp³-hybridized carbons (Fsp3) is 0.308. The van der Waals surface area contributed by atoms with Gasteiger partial charge in [0.15, 0.2) is 5.82 Å². The third-order valence-corrected chi connectivity index (χ3v) is 2.74. The molecular formula is C13H14ClFN4O. The fourth-order valence-electron chi connectivity index (χ4n) is 1.55. The van der Waals surface area contributed by atoms with Crippen molar-refractivity contribution in [1.82, 2.24) is 15.0 Å². The van der Waals surface area contributed by atoms with Crippen LogP contribution < -0.4 is 10.1 Å². The van der Waals surface area contributed by atoms with Crippen LogP contribution in [0.3, 0.4) is 0 Å². The van der Waals surface area contributed by atoms with Crippen LogP contribution in [0.4, 0.5) is 10.3 Å². The zero-order chi connectivity index (χ0) is 14.5. The standard InChI is InChI=1S/C13H14ClFN4O/c1-3-6-16-12-17-11(18-13(19-12)20-2)9-5-4-8(14)7-10(9)15/h4-5,7H,3,6H2,1-2H3,(H,16,17,18,19). The lowest BCUT2D eigenvalue weighted by Gasteiger charge is -2.08. The largest absolute Gasteiger partial charge is 0.467 e. The maximum atomic E-state index is 13.9. The molecular weight excluding hydrogens is 283 g/mol. The highest BCUT2D eigenvalue weighted by atomic mass is 35.5. The third-order valence-electron chi connectivity index (χ3n) is 2.50. The number of nitrogens with one attached hydrogen (secondary N) is 1. The van der Waals surface area contributed by atoms with E-state index in [0.717, 1.165) is 6.42 Å². The van der Waals surface area contributed by atoms with E-state index in [2.05, 4.69) is 20.3 Å². The molecule has 1 aromatic heterocycles. The molecule has 5 nitrogen and oxygen atoms in total. The molecule has 0 aliphatic heterocycles. The molecule has 0 atom stereocenters. The molecule has 1 N–H and O–H groups in total. The second-order valence-electron chi connectivity index (χ2n) is 4.02. The second-order valence-corrected chi connectivity index (χ2v) is 4.46. The smallest absolute Gasteiger partial charge is 0.321 e. The van der Waals surface area contributed by atoms with Gasteiger partial charge in [0.1, 0.15) is 5.82 Å². The van der Waals surface area contributed by atoms with Crippen LogP contribution in [0.1, 0.15) is 13.3 Å². The Morgan fingerprint density at radius 1 is 1.30 bits per heavy atom. The van der Waals surface area contributed by atoms with Crippen LogP contribution in [0.15, 0.2) is 18.2 Å². The van der Waals surface area contributed by atoms with Gasteiger partial charge in [-0.1, -0.05) is 18.5 Å². The summed E-state index contributed by atoms with van der Waals surface area (Å²) in [7, 11) is 1.45. The lowest BCUT2D eigenvalue weighted by molar-refractivity contribution is 0.379. The van der Waals surface area contributed by atoms with Crippen molar-refractivity contribution in [3.63, 3.8) is 0 Å². The minimum atomic E-state index is -0.493. The highest BCUT2D eigenvalue weighted by Gasteiger charge is 2.13. The van der Waals surface area contributed by atoms with Gasteiger partial charge in [-0.3, -0.25) is 0 Å².